The minimum atomic E-state index is -1.64. The smallest absolute Gasteiger partial charge is 0.340 e. The van der Waals surface area contributed by atoms with Crippen LogP contribution in [0.2, 0.25) is 0 Å². The van der Waals surface area contributed by atoms with E-state index in [9.17, 15) is 38.7 Å². The average Bonchev–Trinajstić information content (AvgIpc) is 4.27. The second kappa shape index (κ2) is 26.7. The number of thioether (sulfide) groups is 1. The highest BCUT2D eigenvalue weighted by atomic mass is 32.2. The Morgan fingerprint density at radius 2 is 1.65 bits per heavy atom. The Labute approximate surface area is 462 Å². The number of hydrogen-bond donors (Lipinski definition) is 7. The standard InChI is InChI=1S/C55H70N10O13S/c1-31(2)46(64-45(68)28-78-54(3,4)16-18-77-55(5,6)29-61-43(66)15-10-8-9-13-32-22-59-53(79-7)60-23-32)50(71)63-38(14-11-12-17-56)49(70)58-25-44(67)57-24-35-33-20-41-42(76-30-75-41)21-39(33)62-47-36(35)26-65-40(47)19-34-37(51(65)72)27-74-52(73)48(34)69/h19-23,31,38,46,48,69H,8,10-12,14-18,24-30,56H2,1-7H3,(H,57,67)(H,58,70)(H,61,66)(H,63,71)(H,64,68)/t38-,46?,48-/m0/s1. The molecule has 4 aromatic rings. The van der Waals surface area contributed by atoms with E-state index in [4.69, 9.17) is 34.4 Å². The fourth-order valence-corrected chi connectivity index (χ4v) is 9.28. The number of aliphatic hydroxyl groups excluding tert-OH is 1. The van der Waals surface area contributed by atoms with Crippen LogP contribution in [0.25, 0.3) is 22.3 Å². The average molecular weight is 1110 g/mol. The Kier molecular flexibility index (Phi) is 20.1. The van der Waals surface area contributed by atoms with Gasteiger partial charge in [-0.3, -0.25) is 28.8 Å². The summed E-state index contributed by atoms with van der Waals surface area (Å²) in [5, 5.41) is 25.9. The lowest BCUT2D eigenvalue weighted by molar-refractivity contribution is -0.157. The van der Waals surface area contributed by atoms with E-state index in [1.165, 1.54) is 16.3 Å². The van der Waals surface area contributed by atoms with Gasteiger partial charge in [0, 0.05) is 60.9 Å². The molecule has 1 unspecified atom stereocenters. The van der Waals surface area contributed by atoms with Crippen LogP contribution in [-0.4, -0.2) is 129 Å². The minimum absolute atomic E-state index is 0.00129. The first-order valence-electron chi connectivity index (χ1n) is 26.3. The lowest BCUT2D eigenvalue weighted by atomic mass is 9.98. The number of unbranched alkanes of at least 4 members (excludes halogenated alkanes) is 2. The normalized spacial score (nSPS) is 15.0. The van der Waals surface area contributed by atoms with Crippen molar-refractivity contribution in [3.05, 3.63) is 68.8 Å². The van der Waals surface area contributed by atoms with Gasteiger partial charge in [0.2, 0.25) is 36.3 Å². The van der Waals surface area contributed by atoms with Gasteiger partial charge in [-0.05, 0) is 96.2 Å². The summed E-state index contributed by atoms with van der Waals surface area (Å²) in [4.78, 5) is 106. The van der Waals surface area contributed by atoms with Crippen LogP contribution in [0.1, 0.15) is 120 Å². The molecule has 3 atom stereocenters. The van der Waals surface area contributed by atoms with Crippen molar-refractivity contribution in [2.45, 2.75) is 141 Å². The molecule has 3 aliphatic rings. The summed E-state index contributed by atoms with van der Waals surface area (Å²) < 4.78 is 29.9. The molecular weight excluding hydrogens is 1040 g/mol. The van der Waals surface area contributed by atoms with E-state index in [0.29, 0.717) is 95.1 Å². The highest BCUT2D eigenvalue weighted by Gasteiger charge is 2.36. The zero-order chi connectivity index (χ0) is 57.0. The van der Waals surface area contributed by atoms with Crippen LogP contribution in [0.4, 0.5) is 0 Å². The number of hydrogen-bond acceptors (Lipinski definition) is 18. The van der Waals surface area contributed by atoms with Crippen LogP contribution in [0.3, 0.4) is 0 Å². The number of aliphatic hydroxyl groups is 1. The molecule has 79 heavy (non-hydrogen) atoms. The van der Waals surface area contributed by atoms with Gasteiger partial charge < -0.3 is 65.7 Å². The molecule has 0 aliphatic carbocycles. The Morgan fingerprint density at radius 3 is 2.37 bits per heavy atom. The number of nitrogens with two attached hydrogens (primary N) is 1. The number of esters is 1. The number of nitrogens with zero attached hydrogens (tertiary/aromatic N) is 4. The summed E-state index contributed by atoms with van der Waals surface area (Å²) >= 11 is 1.45. The molecule has 24 heteroatoms. The number of pyridine rings is 2. The Bertz CT molecular complexity index is 3060. The Morgan fingerprint density at radius 1 is 0.899 bits per heavy atom. The number of fused-ring (bicyclic) bond motifs is 6. The fraction of sp³-hybridized carbons (Fsp3) is 0.527. The molecule has 0 fully saturated rings. The summed E-state index contributed by atoms with van der Waals surface area (Å²) in [6.45, 7) is 10.7. The molecule has 3 aliphatic heterocycles. The maximum absolute atomic E-state index is 13.8. The van der Waals surface area contributed by atoms with Crippen molar-refractivity contribution in [3.8, 4) is 34.7 Å². The molecule has 6 heterocycles. The first-order valence-corrected chi connectivity index (χ1v) is 27.5. The molecule has 8 N–H and O–H groups in total. The van der Waals surface area contributed by atoms with Crippen molar-refractivity contribution in [2.24, 2.45) is 11.7 Å². The van der Waals surface area contributed by atoms with Crippen LogP contribution in [0, 0.1) is 17.8 Å². The lowest BCUT2D eigenvalue weighted by Crippen LogP contribution is -2.56. The van der Waals surface area contributed by atoms with Crippen LogP contribution in [-0.2, 0) is 62.7 Å². The number of benzene rings is 1. The monoisotopic (exact) mass is 1110 g/mol. The third-order valence-corrected chi connectivity index (χ3v) is 14.1. The molecule has 1 aromatic carbocycles. The number of rotatable bonds is 26. The molecule has 0 spiro atoms. The van der Waals surface area contributed by atoms with E-state index in [1.54, 1.807) is 44.4 Å². The van der Waals surface area contributed by atoms with E-state index in [1.807, 2.05) is 34.0 Å². The highest BCUT2D eigenvalue weighted by molar-refractivity contribution is 7.98. The van der Waals surface area contributed by atoms with Gasteiger partial charge >= 0.3 is 5.97 Å². The van der Waals surface area contributed by atoms with Crippen LogP contribution in [0.5, 0.6) is 11.5 Å². The highest BCUT2D eigenvalue weighted by Crippen LogP contribution is 2.42. The van der Waals surface area contributed by atoms with Crippen LogP contribution >= 0.6 is 11.8 Å². The van der Waals surface area contributed by atoms with E-state index in [2.05, 4.69) is 48.4 Å². The summed E-state index contributed by atoms with van der Waals surface area (Å²) in [7, 11) is 0. The predicted molar refractivity (Wildman–Crippen MR) is 290 cm³/mol. The molecule has 5 amide bonds. The molecule has 0 saturated heterocycles. The maximum Gasteiger partial charge on any atom is 0.340 e. The third-order valence-electron chi connectivity index (χ3n) is 13.6. The van der Waals surface area contributed by atoms with E-state index in [-0.39, 0.29) is 69.7 Å². The van der Waals surface area contributed by atoms with Gasteiger partial charge in [0.05, 0.1) is 58.9 Å². The van der Waals surface area contributed by atoms with E-state index >= 15 is 0 Å². The predicted octanol–water partition coefficient (Wildman–Crippen LogP) is 2.56. The molecule has 3 aromatic heterocycles. The number of aromatic nitrogens is 4. The number of nitrogens with one attached hydrogen (secondary N) is 5. The maximum atomic E-state index is 13.8. The first-order chi connectivity index (χ1) is 37.7. The Hall–Kier alpha value is -7.17. The van der Waals surface area contributed by atoms with E-state index in [0.717, 1.165) is 5.56 Å². The van der Waals surface area contributed by atoms with Crippen molar-refractivity contribution >= 4 is 58.2 Å². The minimum Gasteiger partial charge on any atom is -0.458 e. The van der Waals surface area contributed by atoms with Crippen molar-refractivity contribution < 1.29 is 57.6 Å². The number of carbonyl (C=O) groups excluding carboxylic acids is 6. The van der Waals surface area contributed by atoms with Crippen molar-refractivity contribution in [2.75, 3.05) is 45.9 Å². The molecule has 0 radical (unpaired) electrons. The van der Waals surface area contributed by atoms with Gasteiger partial charge in [0.15, 0.2) is 22.8 Å². The third kappa shape index (κ3) is 15.6. The van der Waals surface area contributed by atoms with Gasteiger partial charge in [0.25, 0.3) is 5.56 Å². The molecule has 7 rings (SSSR count). The van der Waals surface area contributed by atoms with Gasteiger partial charge in [-0.1, -0.05) is 37.5 Å². The first kappa shape index (κ1) is 59.5. The van der Waals surface area contributed by atoms with Gasteiger partial charge in [0.1, 0.15) is 25.3 Å². The van der Waals surface area contributed by atoms with Crippen molar-refractivity contribution in [1.29, 1.82) is 0 Å². The topological polar surface area (TPSA) is 316 Å². The fourth-order valence-electron chi connectivity index (χ4n) is 8.96. The Balaban J connectivity index is 0.882. The van der Waals surface area contributed by atoms with Crippen molar-refractivity contribution in [1.82, 2.24) is 46.1 Å². The van der Waals surface area contributed by atoms with Crippen LogP contribution < -0.4 is 47.4 Å². The lowest BCUT2D eigenvalue weighted by Gasteiger charge is -2.30. The second-order valence-electron chi connectivity index (χ2n) is 20.9. The zero-order valence-corrected chi connectivity index (χ0v) is 46.4. The SMILES string of the molecule is CSc1ncc(C#CCCCC(=O)NCC(C)(C)OCCC(C)(C)OCC(=O)NC(C(=O)N[C@@H](CCCCN)C(=O)NCC(=O)NCc2c3c(nc4cc5c(cc24)OCO5)-c2cc4c(c(=O)n2C3)COC(=O)[C@H]4O)C(C)C)cn1. The summed E-state index contributed by atoms with van der Waals surface area (Å²) in [5.41, 5.74) is 7.32. The van der Waals surface area contributed by atoms with E-state index < -0.39 is 77.0 Å². The second-order valence-corrected chi connectivity index (χ2v) is 21.7. The summed E-state index contributed by atoms with van der Waals surface area (Å²) in [6, 6.07) is 2.88. The zero-order valence-electron chi connectivity index (χ0n) is 45.6. The largest absolute Gasteiger partial charge is 0.458 e. The molecule has 424 valence electrons. The molecule has 0 saturated carbocycles. The number of cyclic esters (lactones) is 1. The summed E-state index contributed by atoms with van der Waals surface area (Å²) in [5.74, 6) is 3.28. The molecular formula is C55H70N10O13S. The van der Waals surface area contributed by atoms with Gasteiger partial charge in [-0.25, -0.2) is 19.7 Å². The van der Waals surface area contributed by atoms with Crippen LogP contribution in [0.15, 0.2) is 40.5 Å². The van der Waals surface area contributed by atoms with Gasteiger partial charge in [-0.15, -0.1) is 0 Å². The molecule has 0 bridgehead atoms. The molecule has 23 nitrogen and oxygen atoms in total. The quantitative estimate of drug-likeness (QED) is 0.0138. The number of carbonyl (C=O) groups is 6. The van der Waals surface area contributed by atoms with Crippen molar-refractivity contribution in [3.63, 3.8) is 0 Å². The number of amides is 5. The summed E-state index contributed by atoms with van der Waals surface area (Å²) in [6.07, 6.45) is 6.73. The van der Waals surface area contributed by atoms with Gasteiger partial charge in [-0.2, -0.15) is 0 Å². The number of ether oxygens (including phenoxy) is 5.